The second-order valence-corrected chi connectivity index (χ2v) is 7.54. The van der Waals surface area contributed by atoms with Gasteiger partial charge in [0.2, 0.25) is 0 Å². The molecule has 0 aromatic heterocycles. The first kappa shape index (κ1) is 16.8. The van der Waals surface area contributed by atoms with Gasteiger partial charge < -0.3 is 0 Å². The molecule has 0 unspecified atom stereocenters. The molecule has 0 saturated heterocycles. The van der Waals surface area contributed by atoms with Crippen LogP contribution in [0.15, 0.2) is 109 Å². The Balaban J connectivity index is 1.48. The van der Waals surface area contributed by atoms with Crippen LogP contribution in [-0.2, 0) is 12.8 Å². The van der Waals surface area contributed by atoms with E-state index in [9.17, 15) is 0 Å². The molecule has 0 spiro atoms. The molecule has 0 N–H and O–H groups in total. The summed E-state index contributed by atoms with van der Waals surface area (Å²) in [6, 6.07) is 39.7. The molecule has 5 aromatic carbocycles. The maximum atomic E-state index is 2.33. The van der Waals surface area contributed by atoms with Crippen molar-refractivity contribution in [1.29, 1.82) is 0 Å². The molecule has 134 valence electrons. The second kappa shape index (κ2) is 7.32. The molecule has 0 heteroatoms. The molecule has 28 heavy (non-hydrogen) atoms. The Morgan fingerprint density at radius 1 is 0.321 bits per heavy atom. The van der Waals surface area contributed by atoms with Gasteiger partial charge in [-0.05, 0) is 68.8 Å². The smallest absolute Gasteiger partial charge is 0.00256 e. The van der Waals surface area contributed by atoms with E-state index in [-0.39, 0.29) is 0 Å². The lowest BCUT2D eigenvalue weighted by Crippen LogP contribution is -1.89. The van der Waals surface area contributed by atoms with Crippen molar-refractivity contribution in [2.75, 3.05) is 0 Å². The fourth-order valence-electron chi connectivity index (χ4n) is 3.98. The molecule has 0 aliphatic rings. The van der Waals surface area contributed by atoms with Crippen LogP contribution in [-0.4, -0.2) is 0 Å². The first-order valence-electron chi connectivity index (χ1n) is 9.87. The molecule has 5 rings (SSSR count). The minimum Gasteiger partial charge on any atom is -0.0622 e. The summed E-state index contributed by atoms with van der Waals surface area (Å²) in [5.74, 6) is 0. The first-order valence-corrected chi connectivity index (χ1v) is 9.87. The van der Waals surface area contributed by atoms with Crippen molar-refractivity contribution >= 4 is 21.5 Å². The maximum absolute atomic E-state index is 2.33. The summed E-state index contributed by atoms with van der Waals surface area (Å²) >= 11 is 0. The molecule has 0 saturated carbocycles. The first-order chi connectivity index (χ1) is 13.8. The van der Waals surface area contributed by atoms with Gasteiger partial charge in [0.15, 0.2) is 0 Å². The highest BCUT2D eigenvalue weighted by atomic mass is 14.1. The fraction of sp³-hybridized carbons (Fsp3) is 0.0714. The normalized spacial score (nSPS) is 11.1. The average molecular weight is 358 g/mol. The van der Waals surface area contributed by atoms with Crippen LogP contribution < -0.4 is 0 Å². The molecule has 0 aliphatic carbocycles. The summed E-state index contributed by atoms with van der Waals surface area (Å²) in [6.45, 7) is 0. The van der Waals surface area contributed by atoms with Gasteiger partial charge in [0.05, 0.1) is 0 Å². The Labute approximate surface area is 166 Å². The zero-order chi connectivity index (χ0) is 18.8. The second-order valence-electron chi connectivity index (χ2n) is 7.54. The van der Waals surface area contributed by atoms with Crippen LogP contribution in [0.25, 0.3) is 21.5 Å². The average Bonchev–Trinajstić information content (AvgIpc) is 2.74. The summed E-state index contributed by atoms with van der Waals surface area (Å²) in [4.78, 5) is 0. The monoisotopic (exact) mass is 358 g/mol. The highest BCUT2D eigenvalue weighted by molar-refractivity contribution is 5.98. The number of benzene rings is 5. The van der Waals surface area contributed by atoms with Crippen LogP contribution in [0, 0.1) is 0 Å². The number of rotatable bonds is 4. The Morgan fingerprint density at radius 3 is 1.18 bits per heavy atom. The lowest BCUT2D eigenvalue weighted by Gasteiger charge is -2.08. The standard InChI is InChI=1S/C28H22/c1-3-7-21(8-4-1)15-23-11-13-25-20-28-18-24(16-22-9-5-2-6-10-22)12-14-26(28)19-27(25)17-23/h1-14,17-20H,15-16H2. The SMILES string of the molecule is c1ccc(Cc2ccc3cc4cc(Cc5ccccc5)ccc4cc3c2)cc1. The van der Waals surface area contributed by atoms with Gasteiger partial charge in [0.25, 0.3) is 0 Å². The largest absolute Gasteiger partial charge is 0.0622 e. The van der Waals surface area contributed by atoms with Crippen molar-refractivity contribution in [1.82, 2.24) is 0 Å². The van der Waals surface area contributed by atoms with Gasteiger partial charge in [-0.15, -0.1) is 0 Å². The van der Waals surface area contributed by atoms with Crippen LogP contribution in [0.1, 0.15) is 22.3 Å². The predicted molar refractivity (Wildman–Crippen MR) is 120 cm³/mol. The van der Waals surface area contributed by atoms with Crippen LogP contribution in [0.5, 0.6) is 0 Å². The highest BCUT2D eigenvalue weighted by Crippen LogP contribution is 2.26. The van der Waals surface area contributed by atoms with Crippen molar-refractivity contribution in [2.24, 2.45) is 0 Å². The minimum absolute atomic E-state index is 0.977. The molecule has 0 atom stereocenters. The Hall–Kier alpha value is -3.38. The van der Waals surface area contributed by atoms with E-state index in [1.54, 1.807) is 0 Å². The summed E-state index contributed by atoms with van der Waals surface area (Å²) in [6.07, 6.45) is 1.95. The van der Waals surface area contributed by atoms with Crippen LogP contribution in [0.3, 0.4) is 0 Å². The third-order valence-corrected chi connectivity index (χ3v) is 5.43. The van der Waals surface area contributed by atoms with Crippen LogP contribution in [0.2, 0.25) is 0 Å². The molecule has 0 aliphatic heterocycles. The quantitative estimate of drug-likeness (QED) is 0.299. The van der Waals surface area contributed by atoms with Gasteiger partial charge in [-0.3, -0.25) is 0 Å². The minimum atomic E-state index is 0.977. The molecular formula is C28H22. The van der Waals surface area contributed by atoms with Crippen molar-refractivity contribution in [2.45, 2.75) is 12.8 Å². The van der Waals surface area contributed by atoms with Gasteiger partial charge >= 0.3 is 0 Å². The van der Waals surface area contributed by atoms with Gasteiger partial charge in [0.1, 0.15) is 0 Å². The Bertz CT molecular complexity index is 1130. The molecule has 5 aromatic rings. The lowest BCUT2D eigenvalue weighted by atomic mass is 9.96. The van der Waals surface area contributed by atoms with Crippen molar-refractivity contribution < 1.29 is 0 Å². The molecule has 0 radical (unpaired) electrons. The van der Waals surface area contributed by atoms with Crippen molar-refractivity contribution in [3.8, 4) is 0 Å². The van der Waals surface area contributed by atoms with Gasteiger partial charge in [-0.2, -0.15) is 0 Å². The van der Waals surface area contributed by atoms with E-state index in [1.165, 1.54) is 43.8 Å². The fourth-order valence-corrected chi connectivity index (χ4v) is 3.98. The van der Waals surface area contributed by atoms with E-state index in [2.05, 4.69) is 109 Å². The van der Waals surface area contributed by atoms with Crippen molar-refractivity contribution in [3.05, 3.63) is 131 Å². The third kappa shape index (κ3) is 3.54. The highest BCUT2D eigenvalue weighted by Gasteiger charge is 2.03. The van der Waals surface area contributed by atoms with Crippen LogP contribution >= 0.6 is 0 Å². The van der Waals surface area contributed by atoms with E-state index in [0.717, 1.165) is 12.8 Å². The molecule has 0 bridgehead atoms. The third-order valence-electron chi connectivity index (χ3n) is 5.43. The molecule has 0 heterocycles. The zero-order valence-electron chi connectivity index (χ0n) is 15.8. The van der Waals surface area contributed by atoms with E-state index >= 15 is 0 Å². The molecular weight excluding hydrogens is 336 g/mol. The van der Waals surface area contributed by atoms with Crippen LogP contribution in [0.4, 0.5) is 0 Å². The number of fused-ring (bicyclic) bond motifs is 2. The number of hydrogen-bond acceptors (Lipinski definition) is 0. The van der Waals surface area contributed by atoms with E-state index in [4.69, 9.17) is 0 Å². The number of hydrogen-bond donors (Lipinski definition) is 0. The van der Waals surface area contributed by atoms with Crippen molar-refractivity contribution in [3.63, 3.8) is 0 Å². The predicted octanol–water partition coefficient (Wildman–Crippen LogP) is 7.17. The summed E-state index contributed by atoms with van der Waals surface area (Å²) < 4.78 is 0. The topological polar surface area (TPSA) is 0 Å². The molecule has 0 nitrogen and oxygen atoms in total. The maximum Gasteiger partial charge on any atom is -0.00256 e. The lowest BCUT2D eigenvalue weighted by molar-refractivity contribution is 1.20. The molecule has 0 amide bonds. The van der Waals surface area contributed by atoms with Gasteiger partial charge in [-0.25, -0.2) is 0 Å². The van der Waals surface area contributed by atoms with E-state index in [1.807, 2.05) is 0 Å². The summed E-state index contributed by atoms with van der Waals surface area (Å²) in [5.41, 5.74) is 5.43. The van der Waals surface area contributed by atoms with E-state index in [0.29, 0.717) is 0 Å². The van der Waals surface area contributed by atoms with Gasteiger partial charge in [0, 0.05) is 0 Å². The summed E-state index contributed by atoms with van der Waals surface area (Å²) in [5, 5.41) is 5.25. The van der Waals surface area contributed by atoms with E-state index < -0.39 is 0 Å². The summed E-state index contributed by atoms with van der Waals surface area (Å²) in [7, 11) is 0. The Morgan fingerprint density at radius 2 is 0.750 bits per heavy atom. The molecule has 0 fully saturated rings. The Kier molecular flexibility index (Phi) is 4.39. The van der Waals surface area contributed by atoms with Gasteiger partial charge in [-0.1, -0.05) is 97.1 Å². The zero-order valence-corrected chi connectivity index (χ0v) is 15.8.